The van der Waals surface area contributed by atoms with E-state index in [4.69, 9.17) is 11.0 Å². The molecule has 145 valence electrons. The second-order valence-electron chi connectivity index (χ2n) is 7.22. The zero-order chi connectivity index (χ0) is 17.8. The molecule has 7 heteroatoms. The second-order valence-corrected chi connectivity index (χ2v) is 13.9. The van der Waals surface area contributed by atoms with E-state index >= 15 is 0 Å². The van der Waals surface area contributed by atoms with Gasteiger partial charge in [0.25, 0.3) is 0 Å². The first-order valence-corrected chi connectivity index (χ1v) is 16.1. The first kappa shape index (κ1) is 21.6. The number of hydrogen-bond donors (Lipinski definition) is 0. The van der Waals surface area contributed by atoms with Gasteiger partial charge in [-0.25, -0.2) is 0 Å². The van der Waals surface area contributed by atoms with Crippen LogP contribution in [-0.2, 0) is 15.8 Å². The van der Waals surface area contributed by atoms with Gasteiger partial charge in [0.05, 0.1) is 0 Å². The van der Waals surface area contributed by atoms with Crippen LogP contribution in [0.2, 0.25) is 0 Å². The van der Waals surface area contributed by atoms with Gasteiger partial charge in [0.15, 0.2) is 0 Å². The molecule has 0 spiro atoms. The topological polar surface area (TPSA) is 54.0 Å². The van der Waals surface area contributed by atoms with Crippen molar-refractivity contribution in [3.8, 4) is 0 Å². The maximum absolute atomic E-state index is 11.6. The van der Waals surface area contributed by atoms with E-state index in [9.17, 15) is 4.79 Å². The summed E-state index contributed by atoms with van der Waals surface area (Å²) in [5.74, 6) is -0.217. The Labute approximate surface area is 160 Å². The van der Waals surface area contributed by atoms with Gasteiger partial charge in [-0.2, -0.15) is 0 Å². The molecular formula is C18H35BBiO5. The van der Waals surface area contributed by atoms with E-state index in [1.165, 1.54) is 83.5 Å². The van der Waals surface area contributed by atoms with Crippen LogP contribution in [0.25, 0.3) is 0 Å². The Morgan fingerprint density at radius 2 is 1.12 bits per heavy atom. The van der Waals surface area contributed by atoms with E-state index in [0.29, 0.717) is 6.42 Å². The average molecular weight is 551 g/mol. The summed E-state index contributed by atoms with van der Waals surface area (Å²) in [6.45, 7) is 2.27. The number of carbonyl (C=O) groups is 1. The van der Waals surface area contributed by atoms with E-state index in [1.807, 2.05) is 0 Å². The predicted octanol–water partition coefficient (Wildman–Crippen LogP) is 5.29. The van der Waals surface area contributed by atoms with Gasteiger partial charge in [-0.1, -0.05) is 45.4 Å². The van der Waals surface area contributed by atoms with Crippen LogP contribution in [0.4, 0.5) is 0 Å². The third-order valence-electron chi connectivity index (χ3n) is 4.84. The van der Waals surface area contributed by atoms with Crippen LogP contribution in [0.1, 0.15) is 110 Å². The molecule has 1 radical (unpaired) electrons. The van der Waals surface area contributed by atoms with Gasteiger partial charge in [0.2, 0.25) is 0 Å². The van der Waals surface area contributed by atoms with Crippen molar-refractivity contribution in [2.45, 2.75) is 110 Å². The van der Waals surface area contributed by atoms with Crippen LogP contribution in [0.5, 0.6) is 0 Å². The number of hydrogen-bond acceptors (Lipinski definition) is 5. The number of carbonyl (C=O) groups excluding carboxylic acids is 1. The van der Waals surface area contributed by atoms with Crippen molar-refractivity contribution in [3.63, 3.8) is 0 Å². The number of rotatable bonds is 17. The van der Waals surface area contributed by atoms with Crippen molar-refractivity contribution < 1.29 is 15.8 Å². The molecule has 2 bridgehead atoms. The molecule has 0 atom stereocenters. The Morgan fingerprint density at radius 1 is 0.720 bits per heavy atom. The SMILES string of the molecule is CCCCCCCCCCCCCCCCCC(=O)[O][Bi]12[O]B([O]1)[O]2. The molecule has 0 N–H and O–H groups in total. The molecule has 0 aromatic heterocycles. The molecule has 3 saturated heterocycles. The molecule has 3 rings (SSSR count). The van der Waals surface area contributed by atoms with Crippen molar-refractivity contribution in [2.24, 2.45) is 0 Å². The monoisotopic (exact) mass is 551 g/mol. The molecule has 0 saturated carbocycles. The summed E-state index contributed by atoms with van der Waals surface area (Å²) in [6, 6.07) is 0. The fraction of sp³-hybridized carbons (Fsp3) is 0.944. The Hall–Kier alpha value is 0.298. The minimum atomic E-state index is -3.64. The van der Waals surface area contributed by atoms with E-state index in [0.717, 1.165) is 12.8 Å². The molecule has 25 heavy (non-hydrogen) atoms. The van der Waals surface area contributed by atoms with Gasteiger partial charge in [-0.05, 0) is 0 Å². The van der Waals surface area contributed by atoms with E-state index in [2.05, 4.69) is 6.92 Å². The normalized spacial score (nSPS) is 17.1. The Kier molecular flexibility index (Phi) is 10.9. The second kappa shape index (κ2) is 12.6. The van der Waals surface area contributed by atoms with Crippen molar-refractivity contribution in [2.75, 3.05) is 0 Å². The van der Waals surface area contributed by atoms with E-state index in [-0.39, 0.29) is 5.97 Å². The van der Waals surface area contributed by atoms with E-state index in [1.54, 1.807) is 0 Å². The van der Waals surface area contributed by atoms with Crippen molar-refractivity contribution in [3.05, 3.63) is 0 Å². The summed E-state index contributed by atoms with van der Waals surface area (Å²) in [7, 11) is -0.517. The zero-order valence-electron chi connectivity index (χ0n) is 15.9. The third-order valence-corrected chi connectivity index (χ3v) is 11.5. The standard InChI is InChI=1S/C18H36O2.BO3.Bi/c1-2-3-4-5-6-7-8-9-10-11-12-13-14-15-16-17-18(19)20;2-1(3)4;/h2-17H2,1H3,(H,19,20);;/q;-3;+4/p-1. The quantitative estimate of drug-likeness (QED) is 0.182. The fourth-order valence-electron chi connectivity index (χ4n) is 3.22. The molecule has 0 aromatic rings. The first-order chi connectivity index (χ1) is 12.2. The number of unbranched alkanes of at least 4 members (excludes halogenated alkanes) is 14. The third kappa shape index (κ3) is 8.68. The van der Waals surface area contributed by atoms with Gasteiger partial charge in [-0.3, -0.25) is 0 Å². The molecule has 0 amide bonds. The molecule has 5 nitrogen and oxygen atoms in total. The predicted molar refractivity (Wildman–Crippen MR) is 100 cm³/mol. The van der Waals surface area contributed by atoms with Crippen LogP contribution in [-0.4, -0.2) is 35.3 Å². The fourth-order valence-corrected chi connectivity index (χ4v) is 7.68. The van der Waals surface area contributed by atoms with Gasteiger partial charge in [0.1, 0.15) is 0 Å². The summed E-state index contributed by atoms with van der Waals surface area (Å²) >= 11 is -3.64. The Morgan fingerprint density at radius 3 is 1.48 bits per heavy atom. The summed E-state index contributed by atoms with van der Waals surface area (Å²) in [5.41, 5.74) is 0. The van der Waals surface area contributed by atoms with Crippen molar-refractivity contribution in [1.82, 2.24) is 0 Å². The van der Waals surface area contributed by atoms with Crippen LogP contribution in [0, 0.1) is 0 Å². The van der Waals surface area contributed by atoms with Crippen molar-refractivity contribution >= 4 is 35.3 Å². The maximum atomic E-state index is 11.6. The molecule has 3 heterocycles. The van der Waals surface area contributed by atoms with Crippen LogP contribution >= 0.6 is 0 Å². The molecule has 0 unspecified atom stereocenters. The minimum absolute atomic E-state index is 0.217. The van der Waals surface area contributed by atoms with Crippen LogP contribution < -0.4 is 0 Å². The van der Waals surface area contributed by atoms with Crippen molar-refractivity contribution in [1.29, 1.82) is 0 Å². The first-order valence-electron chi connectivity index (χ1n) is 10.4. The van der Waals surface area contributed by atoms with Crippen LogP contribution in [0.3, 0.4) is 0 Å². The van der Waals surface area contributed by atoms with Crippen LogP contribution in [0.15, 0.2) is 0 Å². The Balaban J connectivity index is 1.23. The molecule has 0 aromatic carbocycles. The van der Waals surface area contributed by atoms with Gasteiger partial charge in [0, 0.05) is 0 Å². The van der Waals surface area contributed by atoms with E-state index < -0.39 is 29.3 Å². The Bertz CT molecular complexity index is 365. The molecule has 0 aliphatic carbocycles. The van der Waals surface area contributed by atoms with Gasteiger partial charge >= 0.3 is 115 Å². The molecule has 3 aliphatic heterocycles. The summed E-state index contributed by atoms with van der Waals surface area (Å²) in [6.07, 6.45) is 20.3. The summed E-state index contributed by atoms with van der Waals surface area (Å²) in [4.78, 5) is 11.6. The molecule has 3 fully saturated rings. The summed E-state index contributed by atoms with van der Waals surface area (Å²) in [5, 5.41) is 0. The summed E-state index contributed by atoms with van der Waals surface area (Å²) < 4.78 is 20.6. The zero-order valence-corrected chi connectivity index (χ0v) is 19.4. The average Bonchev–Trinajstić information content (AvgIpc) is 2.53. The molecule has 3 aliphatic rings. The van der Waals surface area contributed by atoms with Gasteiger partial charge in [-0.15, -0.1) is 0 Å². The van der Waals surface area contributed by atoms with Gasteiger partial charge < -0.3 is 0 Å². The molecular weight excluding hydrogens is 516 g/mol.